The summed E-state index contributed by atoms with van der Waals surface area (Å²) in [6.07, 6.45) is 0. The average molecular weight is 326 g/mol. The first-order valence-electron chi connectivity index (χ1n) is 6.06. The largest absolute Gasteiger partial charge is 0.459 e. The minimum Gasteiger partial charge on any atom is -0.459 e. The Morgan fingerprint density at radius 2 is 2.11 bits per heavy atom. The van der Waals surface area contributed by atoms with Crippen molar-refractivity contribution >= 4 is 27.8 Å². The highest BCUT2D eigenvalue weighted by Gasteiger charge is 2.31. The molecule has 0 atom stereocenters. The Morgan fingerprint density at radius 1 is 1.42 bits per heavy atom. The molecule has 0 unspecified atom stereocenters. The Balaban J connectivity index is 2.09. The monoisotopic (exact) mass is 325 g/mol. The topological polar surface area (TPSA) is 46.6 Å². The van der Waals surface area contributed by atoms with Gasteiger partial charge in [-0.05, 0) is 38.5 Å². The fraction of sp³-hybridized carbons (Fsp3) is 0.429. The summed E-state index contributed by atoms with van der Waals surface area (Å²) in [4.78, 5) is 25.4. The van der Waals surface area contributed by atoms with E-state index in [0.29, 0.717) is 12.1 Å². The van der Waals surface area contributed by atoms with Crippen LogP contribution in [0.25, 0.3) is 0 Å². The van der Waals surface area contributed by atoms with Crippen molar-refractivity contribution in [2.45, 2.75) is 32.9 Å². The molecule has 102 valence electrons. The first kappa shape index (κ1) is 14.1. The Hall–Kier alpha value is -1.36. The first-order chi connectivity index (χ1) is 8.78. The number of amides is 1. The highest BCUT2D eigenvalue weighted by atomic mass is 79.9. The van der Waals surface area contributed by atoms with Gasteiger partial charge in [0, 0.05) is 16.6 Å². The van der Waals surface area contributed by atoms with Gasteiger partial charge in [0.1, 0.15) is 12.1 Å². The van der Waals surface area contributed by atoms with Crippen molar-refractivity contribution in [3.05, 3.63) is 33.8 Å². The van der Waals surface area contributed by atoms with Crippen LogP contribution in [-0.2, 0) is 16.1 Å². The molecule has 0 bridgehead atoms. The highest BCUT2D eigenvalue weighted by molar-refractivity contribution is 9.10. The lowest BCUT2D eigenvalue weighted by molar-refractivity contribution is -0.155. The summed E-state index contributed by atoms with van der Waals surface area (Å²) in [6, 6.07) is 5.48. The third-order valence-electron chi connectivity index (χ3n) is 2.73. The molecule has 0 aliphatic carbocycles. The van der Waals surface area contributed by atoms with Crippen LogP contribution in [0.15, 0.2) is 22.7 Å². The molecule has 0 N–H and O–H groups in total. The molecule has 2 rings (SSSR count). The quantitative estimate of drug-likeness (QED) is 0.785. The zero-order valence-corrected chi connectivity index (χ0v) is 12.8. The molecule has 0 spiro atoms. The van der Waals surface area contributed by atoms with Gasteiger partial charge in [-0.1, -0.05) is 22.0 Å². The van der Waals surface area contributed by atoms with Crippen LogP contribution < -0.4 is 0 Å². The van der Waals surface area contributed by atoms with Crippen molar-refractivity contribution in [1.29, 1.82) is 0 Å². The van der Waals surface area contributed by atoms with E-state index in [1.165, 1.54) is 4.90 Å². The molecule has 4 nitrogen and oxygen atoms in total. The van der Waals surface area contributed by atoms with Crippen molar-refractivity contribution in [3.8, 4) is 0 Å². The predicted octanol–water partition coefficient (Wildman–Crippen LogP) is 2.75. The van der Waals surface area contributed by atoms with Crippen molar-refractivity contribution in [1.82, 2.24) is 4.90 Å². The first-order valence-corrected chi connectivity index (χ1v) is 6.86. The molecule has 5 heteroatoms. The lowest BCUT2D eigenvalue weighted by atomic mass is 10.1. The molecule has 1 amide bonds. The second-order valence-corrected chi connectivity index (χ2v) is 6.37. The van der Waals surface area contributed by atoms with Gasteiger partial charge in [-0.25, -0.2) is 0 Å². The van der Waals surface area contributed by atoms with Gasteiger partial charge in [0.05, 0.1) is 0 Å². The van der Waals surface area contributed by atoms with Gasteiger partial charge in [0.2, 0.25) is 0 Å². The molecular weight excluding hydrogens is 310 g/mol. The Bertz CT molecular complexity index is 534. The van der Waals surface area contributed by atoms with Crippen LogP contribution >= 0.6 is 15.9 Å². The normalized spacial score (nSPS) is 14.5. The average Bonchev–Trinajstić information content (AvgIpc) is 2.56. The molecule has 0 saturated heterocycles. The Kier molecular flexibility index (Phi) is 3.67. The van der Waals surface area contributed by atoms with E-state index < -0.39 is 5.60 Å². The van der Waals surface area contributed by atoms with Crippen LogP contribution in [0, 0.1) is 0 Å². The maximum atomic E-state index is 12.1. The third-order valence-corrected chi connectivity index (χ3v) is 3.47. The van der Waals surface area contributed by atoms with Crippen molar-refractivity contribution in [2.75, 3.05) is 6.54 Å². The lowest BCUT2D eigenvalue weighted by Gasteiger charge is -2.22. The molecule has 1 aromatic rings. The Labute approximate surface area is 120 Å². The fourth-order valence-electron chi connectivity index (χ4n) is 2.01. The summed E-state index contributed by atoms with van der Waals surface area (Å²) in [5.41, 5.74) is 1.04. The van der Waals surface area contributed by atoms with E-state index >= 15 is 0 Å². The maximum absolute atomic E-state index is 12.1. The fourth-order valence-corrected chi connectivity index (χ4v) is 2.50. The number of esters is 1. The number of fused-ring (bicyclic) bond motifs is 1. The van der Waals surface area contributed by atoms with Gasteiger partial charge >= 0.3 is 5.97 Å². The molecule has 1 aliphatic rings. The minimum atomic E-state index is -0.534. The van der Waals surface area contributed by atoms with E-state index in [9.17, 15) is 9.59 Å². The summed E-state index contributed by atoms with van der Waals surface area (Å²) < 4.78 is 6.13. The van der Waals surface area contributed by atoms with Crippen LogP contribution in [0.2, 0.25) is 0 Å². The molecule has 0 aromatic heterocycles. The van der Waals surface area contributed by atoms with Crippen molar-refractivity contribution in [3.63, 3.8) is 0 Å². The highest BCUT2D eigenvalue weighted by Crippen LogP contribution is 2.29. The second-order valence-electron chi connectivity index (χ2n) is 5.51. The smallest absolute Gasteiger partial charge is 0.326 e. The molecule has 1 heterocycles. The van der Waals surface area contributed by atoms with Gasteiger partial charge in [-0.15, -0.1) is 0 Å². The van der Waals surface area contributed by atoms with Crippen LogP contribution in [0.5, 0.6) is 0 Å². The molecule has 1 aliphatic heterocycles. The van der Waals surface area contributed by atoms with E-state index in [-0.39, 0.29) is 18.4 Å². The van der Waals surface area contributed by atoms with Gasteiger partial charge in [0.15, 0.2) is 0 Å². The molecule has 0 radical (unpaired) electrons. The zero-order valence-electron chi connectivity index (χ0n) is 11.2. The number of ether oxygens (including phenoxy) is 1. The van der Waals surface area contributed by atoms with Crippen LogP contribution in [0.3, 0.4) is 0 Å². The molecule has 1 aromatic carbocycles. The van der Waals surface area contributed by atoms with Gasteiger partial charge in [0.25, 0.3) is 5.91 Å². The van der Waals surface area contributed by atoms with E-state index in [1.54, 1.807) is 6.07 Å². The van der Waals surface area contributed by atoms with Crippen molar-refractivity contribution in [2.24, 2.45) is 0 Å². The van der Waals surface area contributed by atoms with Gasteiger partial charge in [-0.2, -0.15) is 0 Å². The maximum Gasteiger partial charge on any atom is 0.326 e. The summed E-state index contributed by atoms with van der Waals surface area (Å²) in [6.45, 7) is 5.85. The second kappa shape index (κ2) is 4.96. The summed E-state index contributed by atoms with van der Waals surface area (Å²) >= 11 is 3.42. The van der Waals surface area contributed by atoms with E-state index in [2.05, 4.69) is 15.9 Å². The van der Waals surface area contributed by atoms with Crippen LogP contribution in [0.1, 0.15) is 36.7 Å². The number of benzene rings is 1. The number of carbonyl (C=O) groups is 2. The summed E-state index contributed by atoms with van der Waals surface area (Å²) in [5.74, 6) is -0.507. The minimum absolute atomic E-state index is 0.0166. The number of halogens is 1. The number of hydrogen-bond donors (Lipinski definition) is 0. The lowest BCUT2D eigenvalue weighted by Crippen LogP contribution is -2.35. The summed E-state index contributed by atoms with van der Waals surface area (Å²) in [7, 11) is 0. The third kappa shape index (κ3) is 3.15. The van der Waals surface area contributed by atoms with E-state index in [1.807, 2.05) is 32.9 Å². The Morgan fingerprint density at radius 3 is 2.68 bits per heavy atom. The van der Waals surface area contributed by atoms with Gasteiger partial charge < -0.3 is 9.64 Å². The number of rotatable bonds is 2. The number of nitrogens with zero attached hydrogens (tertiary/aromatic N) is 1. The SMILES string of the molecule is CC(C)(C)OC(=O)CN1Cc2c(Br)cccc2C1=O. The van der Waals surface area contributed by atoms with Crippen molar-refractivity contribution < 1.29 is 14.3 Å². The van der Waals surface area contributed by atoms with Crippen LogP contribution in [0.4, 0.5) is 0 Å². The standard InChI is InChI=1S/C14H16BrNO3/c1-14(2,3)19-12(17)8-16-7-10-9(13(16)18)5-4-6-11(10)15/h4-6H,7-8H2,1-3H3. The number of hydrogen-bond acceptors (Lipinski definition) is 3. The van der Waals surface area contributed by atoms with Gasteiger partial charge in [-0.3, -0.25) is 9.59 Å². The van der Waals surface area contributed by atoms with Crippen LogP contribution in [-0.4, -0.2) is 28.9 Å². The molecule has 0 fully saturated rings. The summed E-state index contributed by atoms with van der Waals surface area (Å²) in [5, 5.41) is 0. The number of carbonyl (C=O) groups excluding carboxylic acids is 2. The molecular formula is C14H16BrNO3. The zero-order chi connectivity index (χ0) is 14.2. The molecule has 19 heavy (non-hydrogen) atoms. The van der Waals surface area contributed by atoms with E-state index in [0.717, 1.165) is 10.0 Å². The molecule has 0 saturated carbocycles. The van der Waals surface area contributed by atoms with E-state index in [4.69, 9.17) is 4.74 Å². The predicted molar refractivity (Wildman–Crippen MR) is 74.7 cm³/mol.